The number of hydrogen-bond acceptors (Lipinski definition) is 1. The lowest BCUT2D eigenvalue weighted by atomic mass is 10.1. The van der Waals surface area contributed by atoms with E-state index in [1.165, 1.54) is 18.2 Å². The van der Waals surface area contributed by atoms with Gasteiger partial charge in [0.25, 0.3) is 0 Å². The van der Waals surface area contributed by atoms with Crippen LogP contribution in [0.15, 0.2) is 48.5 Å². The molecule has 0 atom stereocenters. The molecule has 0 fully saturated rings. The highest BCUT2D eigenvalue weighted by Crippen LogP contribution is 2.29. The van der Waals surface area contributed by atoms with Gasteiger partial charge in [0.2, 0.25) is 0 Å². The highest BCUT2D eigenvalue weighted by atomic mass is 19.4. The molecule has 5 heteroatoms. The zero-order valence-corrected chi connectivity index (χ0v) is 11.5. The number of rotatable bonds is 4. The molecule has 0 saturated heterocycles. The Morgan fingerprint density at radius 3 is 2.14 bits per heavy atom. The van der Waals surface area contributed by atoms with Gasteiger partial charge in [-0.25, -0.2) is 4.39 Å². The Bertz CT molecular complexity index is 590. The van der Waals surface area contributed by atoms with Crippen LogP contribution in [-0.4, -0.2) is 11.9 Å². The molecular weight excluding hydrogens is 282 g/mol. The van der Waals surface area contributed by atoms with E-state index in [2.05, 4.69) is 0 Å². The van der Waals surface area contributed by atoms with Crippen molar-refractivity contribution in [1.82, 2.24) is 4.90 Å². The van der Waals surface area contributed by atoms with Crippen LogP contribution in [0.3, 0.4) is 0 Å². The number of hydrogen-bond donors (Lipinski definition) is 0. The van der Waals surface area contributed by atoms with Gasteiger partial charge >= 0.3 is 6.18 Å². The van der Waals surface area contributed by atoms with Crippen molar-refractivity contribution in [3.05, 3.63) is 71.0 Å². The zero-order chi connectivity index (χ0) is 15.5. The molecule has 0 aliphatic heterocycles. The van der Waals surface area contributed by atoms with E-state index in [0.717, 1.165) is 17.7 Å². The van der Waals surface area contributed by atoms with Gasteiger partial charge in [-0.05, 0) is 36.4 Å². The fraction of sp³-hybridized carbons (Fsp3) is 0.250. The van der Waals surface area contributed by atoms with Crippen LogP contribution >= 0.6 is 0 Å². The topological polar surface area (TPSA) is 3.24 Å². The van der Waals surface area contributed by atoms with E-state index in [1.807, 2.05) is 11.9 Å². The maximum absolute atomic E-state index is 12.8. The van der Waals surface area contributed by atoms with Gasteiger partial charge in [-0.1, -0.05) is 30.3 Å². The van der Waals surface area contributed by atoms with Gasteiger partial charge in [-0.3, -0.25) is 4.90 Å². The number of halogens is 4. The summed E-state index contributed by atoms with van der Waals surface area (Å²) >= 11 is 0. The van der Waals surface area contributed by atoms with Gasteiger partial charge in [0, 0.05) is 13.1 Å². The van der Waals surface area contributed by atoms with Crippen LogP contribution in [0.5, 0.6) is 0 Å². The summed E-state index contributed by atoms with van der Waals surface area (Å²) < 4.78 is 50.7. The van der Waals surface area contributed by atoms with E-state index < -0.39 is 11.7 Å². The van der Waals surface area contributed by atoms with E-state index >= 15 is 0 Å². The minimum absolute atomic E-state index is 0.306. The Labute approximate surface area is 120 Å². The first kappa shape index (κ1) is 15.5. The molecule has 0 aliphatic rings. The van der Waals surface area contributed by atoms with E-state index in [4.69, 9.17) is 0 Å². The third kappa shape index (κ3) is 4.56. The molecule has 0 N–H and O–H groups in total. The molecular formula is C16H15F4N. The Hall–Kier alpha value is -1.88. The third-order valence-corrected chi connectivity index (χ3v) is 3.07. The van der Waals surface area contributed by atoms with Crippen LogP contribution in [0.4, 0.5) is 17.6 Å². The molecule has 0 heterocycles. The van der Waals surface area contributed by atoms with Gasteiger partial charge in [-0.2, -0.15) is 13.2 Å². The molecule has 0 aromatic heterocycles. The van der Waals surface area contributed by atoms with Crippen LogP contribution in [0.2, 0.25) is 0 Å². The normalized spacial score (nSPS) is 11.9. The smallest absolute Gasteiger partial charge is 0.298 e. The third-order valence-electron chi connectivity index (χ3n) is 3.07. The second-order valence-electron chi connectivity index (χ2n) is 5.00. The predicted octanol–water partition coefficient (Wildman–Crippen LogP) is 4.48. The van der Waals surface area contributed by atoms with Crippen LogP contribution in [0.1, 0.15) is 16.7 Å². The van der Waals surface area contributed by atoms with Crippen LogP contribution in [0, 0.1) is 5.82 Å². The van der Waals surface area contributed by atoms with E-state index in [1.54, 1.807) is 18.2 Å². The van der Waals surface area contributed by atoms with Crippen molar-refractivity contribution in [2.24, 2.45) is 0 Å². The largest absolute Gasteiger partial charge is 0.416 e. The molecule has 1 nitrogen and oxygen atoms in total. The molecule has 0 radical (unpaired) electrons. The van der Waals surface area contributed by atoms with Gasteiger partial charge in [0.15, 0.2) is 0 Å². The minimum atomic E-state index is -4.33. The molecule has 2 rings (SSSR count). The monoisotopic (exact) mass is 297 g/mol. The summed E-state index contributed by atoms with van der Waals surface area (Å²) in [6.07, 6.45) is -4.33. The molecule has 0 unspecified atom stereocenters. The summed E-state index contributed by atoms with van der Waals surface area (Å²) in [7, 11) is 1.81. The first-order valence-corrected chi connectivity index (χ1v) is 6.44. The second kappa shape index (κ2) is 6.26. The summed E-state index contributed by atoms with van der Waals surface area (Å²) in [6, 6.07) is 11.3. The Morgan fingerprint density at radius 1 is 0.905 bits per heavy atom. The fourth-order valence-electron chi connectivity index (χ4n) is 2.12. The molecule has 0 aliphatic carbocycles. The van der Waals surface area contributed by atoms with E-state index in [9.17, 15) is 17.6 Å². The minimum Gasteiger partial charge on any atom is -0.298 e. The standard InChI is InChI=1S/C16H15F4N/c1-21(10-12-5-7-15(17)8-6-12)11-13-3-2-4-14(9-13)16(18,19)20/h2-9H,10-11H2,1H3. The lowest BCUT2D eigenvalue weighted by Gasteiger charge is -2.17. The van der Waals surface area contributed by atoms with E-state index in [0.29, 0.717) is 18.7 Å². The van der Waals surface area contributed by atoms with Crippen LogP contribution < -0.4 is 0 Å². The number of alkyl halides is 3. The molecule has 0 saturated carbocycles. The Balaban J connectivity index is 2.02. The molecule has 21 heavy (non-hydrogen) atoms. The zero-order valence-electron chi connectivity index (χ0n) is 11.5. The van der Waals surface area contributed by atoms with Crippen LogP contribution in [-0.2, 0) is 19.3 Å². The van der Waals surface area contributed by atoms with Crippen molar-refractivity contribution in [1.29, 1.82) is 0 Å². The average molecular weight is 297 g/mol. The summed E-state index contributed by atoms with van der Waals surface area (Å²) in [5.41, 5.74) is 0.857. The van der Waals surface area contributed by atoms with Crippen molar-refractivity contribution in [2.45, 2.75) is 19.3 Å². The summed E-state index contributed by atoms with van der Waals surface area (Å²) in [6.45, 7) is 0.928. The van der Waals surface area contributed by atoms with Crippen molar-refractivity contribution >= 4 is 0 Å². The van der Waals surface area contributed by atoms with Crippen molar-refractivity contribution in [2.75, 3.05) is 7.05 Å². The first-order chi connectivity index (χ1) is 9.84. The van der Waals surface area contributed by atoms with Crippen molar-refractivity contribution < 1.29 is 17.6 Å². The van der Waals surface area contributed by atoms with Gasteiger partial charge in [-0.15, -0.1) is 0 Å². The van der Waals surface area contributed by atoms with Gasteiger partial charge in [0.05, 0.1) is 5.56 Å². The van der Waals surface area contributed by atoms with Gasteiger partial charge in [0.1, 0.15) is 5.82 Å². The summed E-state index contributed by atoms with van der Waals surface area (Å²) in [5.74, 6) is -0.306. The SMILES string of the molecule is CN(Cc1ccc(F)cc1)Cc1cccc(C(F)(F)F)c1. The fourth-order valence-corrected chi connectivity index (χ4v) is 2.12. The lowest BCUT2D eigenvalue weighted by Crippen LogP contribution is -2.17. The number of benzene rings is 2. The van der Waals surface area contributed by atoms with Crippen LogP contribution in [0.25, 0.3) is 0 Å². The molecule has 2 aromatic carbocycles. The lowest BCUT2D eigenvalue weighted by molar-refractivity contribution is -0.137. The molecule has 112 valence electrons. The molecule has 0 bridgehead atoms. The van der Waals surface area contributed by atoms with Crippen molar-refractivity contribution in [3.63, 3.8) is 0 Å². The average Bonchev–Trinajstić information content (AvgIpc) is 2.41. The maximum atomic E-state index is 12.8. The Kier molecular flexibility index (Phi) is 4.63. The number of nitrogens with zero attached hydrogens (tertiary/aromatic N) is 1. The summed E-state index contributed by atoms with van der Waals surface area (Å²) in [4.78, 5) is 1.88. The Morgan fingerprint density at radius 2 is 1.52 bits per heavy atom. The quantitative estimate of drug-likeness (QED) is 0.752. The molecule has 0 amide bonds. The van der Waals surface area contributed by atoms with Crippen molar-refractivity contribution in [3.8, 4) is 0 Å². The highest BCUT2D eigenvalue weighted by molar-refractivity contribution is 5.25. The van der Waals surface area contributed by atoms with E-state index in [-0.39, 0.29) is 5.82 Å². The second-order valence-corrected chi connectivity index (χ2v) is 5.00. The maximum Gasteiger partial charge on any atom is 0.416 e. The first-order valence-electron chi connectivity index (χ1n) is 6.44. The predicted molar refractivity (Wildman–Crippen MR) is 73.0 cm³/mol. The van der Waals surface area contributed by atoms with Gasteiger partial charge < -0.3 is 0 Å². The molecule has 2 aromatic rings. The molecule has 0 spiro atoms. The highest BCUT2D eigenvalue weighted by Gasteiger charge is 2.30. The summed E-state index contributed by atoms with van der Waals surface area (Å²) in [5, 5.41) is 0.